The normalized spacial score (nSPS) is 31.0. The molecule has 0 spiro atoms. The van der Waals surface area contributed by atoms with Gasteiger partial charge < -0.3 is 34.5 Å². The van der Waals surface area contributed by atoms with Gasteiger partial charge in [0.15, 0.2) is 29.6 Å². The fourth-order valence-electron chi connectivity index (χ4n) is 10.4. The van der Waals surface area contributed by atoms with Crippen LogP contribution in [0, 0.1) is 28.6 Å². The van der Waals surface area contributed by atoms with Gasteiger partial charge in [-0.15, -0.1) is 0 Å². The Bertz CT molecular complexity index is 2190. The standard InChI is InChI=1S/C44H50FN3O10/c1-25-18-32-31-11-8-27-19-29(49)14-16-41(27,2)43(31,45)36(50)22-42(32,3)44(25,54)37(51)23-58-39(53)13-12-38(52)57-17-15-26-6-9-28(10-7-26)48-40-30-20-34(55-4)35(56-5)21-33(30)46-24-47-40/h6-7,9-10,14,16,19-21,24-25,31-32,36,50,54H,8,11-13,15,17-18,22-23H2,1-5H3,(H,46,47,48)/t25-,31+,32+,36+,41+,42+,43+,44+/m1/s1. The first-order valence-electron chi connectivity index (χ1n) is 19.7. The summed E-state index contributed by atoms with van der Waals surface area (Å²) in [5.41, 5.74) is -3.46. The molecule has 0 radical (unpaired) electrons. The van der Waals surface area contributed by atoms with Gasteiger partial charge in [0, 0.05) is 40.3 Å². The van der Waals surface area contributed by atoms with Crippen molar-refractivity contribution in [3.63, 3.8) is 0 Å². The summed E-state index contributed by atoms with van der Waals surface area (Å²) in [5.74, 6) is -2.38. The second kappa shape index (κ2) is 15.5. The number of ketones is 2. The van der Waals surface area contributed by atoms with Crippen LogP contribution in [0.5, 0.6) is 11.5 Å². The van der Waals surface area contributed by atoms with Crippen molar-refractivity contribution >= 4 is 45.9 Å². The number of aromatic nitrogens is 2. The van der Waals surface area contributed by atoms with E-state index in [1.807, 2.05) is 24.3 Å². The smallest absolute Gasteiger partial charge is 0.306 e. The first kappa shape index (κ1) is 41.0. The molecule has 3 fully saturated rings. The number of ether oxygens (including phenoxy) is 4. The number of hydrogen-bond acceptors (Lipinski definition) is 13. The molecular weight excluding hydrogens is 749 g/mol. The Morgan fingerprint density at radius 2 is 1.67 bits per heavy atom. The predicted octanol–water partition coefficient (Wildman–Crippen LogP) is 5.72. The Balaban J connectivity index is 0.880. The molecule has 58 heavy (non-hydrogen) atoms. The number of aliphatic hydroxyl groups excluding tert-OH is 1. The third-order valence-corrected chi connectivity index (χ3v) is 13.6. The molecule has 0 saturated heterocycles. The zero-order chi connectivity index (χ0) is 41.6. The number of carbonyl (C=O) groups excluding carboxylic acids is 4. The van der Waals surface area contributed by atoms with Crippen molar-refractivity contribution in [2.24, 2.45) is 28.6 Å². The van der Waals surface area contributed by atoms with Gasteiger partial charge in [0.2, 0.25) is 5.78 Å². The topological polar surface area (TPSA) is 183 Å². The van der Waals surface area contributed by atoms with Gasteiger partial charge in [0.1, 0.15) is 17.7 Å². The first-order valence-corrected chi connectivity index (χ1v) is 19.7. The van der Waals surface area contributed by atoms with Crippen molar-refractivity contribution in [3.05, 3.63) is 72.1 Å². The van der Waals surface area contributed by atoms with Gasteiger partial charge >= 0.3 is 11.9 Å². The SMILES string of the molecule is COc1cc2ncnc(Nc3ccc(CCOC(=O)CCC(=O)OCC(=O)[C@@]4(O)[C@H](C)C[C@H]5[C@@H]6CCC7=CC(=O)C=C[C@]7(C)[C@@]6(F)[C@@H](O)C[C@@]54C)cc3)c2cc1OC. The number of Topliss-reactive ketones (excluding diaryl/α,β-unsaturated/α-hetero) is 1. The van der Waals surface area contributed by atoms with E-state index >= 15 is 4.39 Å². The second-order valence-electron chi connectivity index (χ2n) is 16.5. The number of benzene rings is 2. The molecule has 14 heteroatoms. The zero-order valence-corrected chi connectivity index (χ0v) is 33.4. The molecule has 4 aliphatic carbocycles. The molecule has 1 aromatic heterocycles. The number of hydrogen-bond donors (Lipinski definition) is 3. The van der Waals surface area contributed by atoms with Crippen molar-refractivity contribution in [1.82, 2.24) is 9.97 Å². The summed E-state index contributed by atoms with van der Waals surface area (Å²) in [6.07, 6.45) is 5.13. The van der Waals surface area contributed by atoms with Crippen LogP contribution in [0.4, 0.5) is 15.9 Å². The monoisotopic (exact) mass is 799 g/mol. The highest BCUT2D eigenvalue weighted by molar-refractivity contribution is 6.01. The highest BCUT2D eigenvalue weighted by Crippen LogP contribution is 2.70. The molecule has 13 nitrogen and oxygen atoms in total. The third kappa shape index (κ3) is 6.73. The molecule has 7 rings (SSSR count). The van der Waals surface area contributed by atoms with Crippen LogP contribution in [0.1, 0.15) is 64.9 Å². The summed E-state index contributed by atoms with van der Waals surface area (Å²) < 4.78 is 38.8. The number of allylic oxidation sites excluding steroid dienone is 4. The quantitative estimate of drug-likeness (QED) is 0.179. The van der Waals surface area contributed by atoms with Gasteiger partial charge in [-0.05, 0) is 80.4 Å². The number of alkyl halides is 1. The lowest BCUT2D eigenvalue weighted by molar-refractivity contribution is -0.220. The van der Waals surface area contributed by atoms with E-state index in [9.17, 15) is 29.4 Å². The van der Waals surface area contributed by atoms with Crippen LogP contribution in [-0.4, -0.2) is 88.5 Å². The minimum atomic E-state index is -2.10. The minimum absolute atomic E-state index is 0.0835. The number of nitrogens with zero attached hydrogens (tertiary/aromatic N) is 2. The first-order chi connectivity index (χ1) is 27.6. The lowest BCUT2D eigenvalue weighted by atomic mass is 9.44. The number of anilines is 2. The van der Waals surface area contributed by atoms with E-state index < -0.39 is 70.3 Å². The van der Waals surface area contributed by atoms with Crippen molar-refractivity contribution in [1.29, 1.82) is 0 Å². The van der Waals surface area contributed by atoms with Crippen LogP contribution in [0.15, 0.2) is 66.5 Å². The number of nitrogens with one attached hydrogen (secondary N) is 1. The van der Waals surface area contributed by atoms with Crippen molar-refractivity contribution in [2.75, 3.05) is 32.8 Å². The van der Waals surface area contributed by atoms with Gasteiger partial charge in [-0.1, -0.05) is 37.6 Å². The van der Waals surface area contributed by atoms with E-state index in [4.69, 9.17) is 18.9 Å². The average molecular weight is 800 g/mol. The van der Waals surface area contributed by atoms with Gasteiger partial charge in [-0.25, -0.2) is 14.4 Å². The molecular formula is C44H50FN3O10. The molecule has 3 aromatic rings. The lowest BCUT2D eigenvalue weighted by Crippen LogP contribution is -2.69. The van der Waals surface area contributed by atoms with E-state index in [0.717, 1.165) is 16.6 Å². The third-order valence-electron chi connectivity index (χ3n) is 13.6. The molecule has 3 saturated carbocycles. The van der Waals surface area contributed by atoms with E-state index in [1.165, 1.54) is 18.5 Å². The van der Waals surface area contributed by atoms with E-state index in [0.29, 0.717) is 54.1 Å². The lowest BCUT2D eigenvalue weighted by Gasteiger charge is -2.62. The van der Waals surface area contributed by atoms with Gasteiger partial charge in [0.25, 0.3) is 0 Å². The highest BCUT2D eigenvalue weighted by Gasteiger charge is 2.75. The van der Waals surface area contributed by atoms with Crippen LogP contribution in [0.3, 0.4) is 0 Å². The Labute approximate surface area is 336 Å². The van der Waals surface area contributed by atoms with Gasteiger partial charge in [-0.3, -0.25) is 19.2 Å². The zero-order valence-electron chi connectivity index (χ0n) is 33.4. The van der Waals surface area contributed by atoms with Crippen LogP contribution in [0.2, 0.25) is 0 Å². The maximum absolute atomic E-state index is 17.4. The number of esters is 2. The van der Waals surface area contributed by atoms with E-state index in [2.05, 4.69) is 15.3 Å². The summed E-state index contributed by atoms with van der Waals surface area (Å²) in [4.78, 5) is 59.7. The van der Waals surface area contributed by atoms with Crippen molar-refractivity contribution in [2.45, 2.75) is 83.1 Å². The van der Waals surface area contributed by atoms with E-state index in [-0.39, 0.29) is 31.7 Å². The Kier molecular flexibility index (Phi) is 11.0. The molecule has 0 unspecified atom stereocenters. The minimum Gasteiger partial charge on any atom is -0.493 e. The van der Waals surface area contributed by atoms with Gasteiger partial charge in [-0.2, -0.15) is 0 Å². The summed E-state index contributed by atoms with van der Waals surface area (Å²) in [5, 5.41) is 27.7. The predicted molar refractivity (Wildman–Crippen MR) is 210 cm³/mol. The maximum atomic E-state index is 17.4. The largest absolute Gasteiger partial charge is 0.493 e. The molecule has 4 aliphatic rings. The number of methoxy groups -OCH3 is 2. The Morgan fingerprint density at radius 3 is 2.38 bits per heavy atom. The number of halogens is 1. The highest BCUT2D eigenvalue weighted by atomic mass is 19.1. The van der Waals surface area contributed by atoms with E-state index in [1.54, 1.807) is 53.2 Å². The summed E-state index contributed by atoms with van der Waals surface area (Å²) in [7, 11) is 3.12. The molecule has 0 aliphatic heterocycles. The molecule has 308 valence electrons. The molecule has 3 N–H and O–H groups in total. The Morgan fingerprint density at radius 1 is 0.983 bits per heavy atom. The fraction of sp³-hybridized carbons (Fsp3) is 0.500. The molecule has 0 bridgehead atoms. The van der Waals surface area contributed by atoms with Crippen LogP contribution in [0.25, 0.3) is 10.9 Å². The number of rotatable bonds is 13. The summed E-state index contributed by atoms with van der Waals surface area (Å²) in [6, 6.07) is 11.1. The molecule has 2 aromatic carbocycles. The molecule has 1 heterocycles. The summed E-state index contributed by atoms with van der Waals surface area (Å²) in [6.45, 7) is 4.51. The maximum Gasteiger partial charge on any atom is 0.306 e. The number of aliphatic hydroxyl groups is 2. The molecule has 0 amide bonds. The summed E-state index contributed by atoms with van der Waals surface area (Å²) >= 11 is 0. The van der Waals surface area contributed by atoms with Crippen molar-refractivity contribution < 1.29 is 52.7 Å². The van der Waals surface area contributed by atoms with Gasteiger partial charge in [0.05, 0.1) is 45.3 Å². The fourth-order valence-corrected chi connectivity index (χ4v) is 10.4. The van der Waals surface area contributed by atoms with Crippen LogP contribution >= 0.6 is 0 Å². The van der Waals surface area contributed by atoms with Crippen LogP contribution < -0.4 is 14.8 Å². The average Bonchev–Trinajstić information content (AvgIpc) is 3.41. The van der Waals surface area contributed by atoms with Crippen LogP contribution in [-0.2, 0) is 35.1 Å². The van der Waals surface area contributed by atoms with Crippen molar-refractivity contribution in [3.8, 4) is 11.5 Å². The Hall–Kier alpha value is -5.21. The molecule has 8 atom stereocenters. The number of carbonyl (C=O) groups is 4. The number of fused-ring (bicyclic) bond motifs is 6. The second-order valence-corrected chi connectivity index (χ2v) is 16.5.